The van der Waals surface area contributed by atoms with E-state index in [-0.39, 0.29) is 30.3 Å². The molecule has 10 heteroatoms. The van der Waals surface area contributed by atoms with Crippen LogP contribution in [0.5, 0.6) is 0 Å². The fraction of sp³-hybridized carbons (Fsp3) is 0.158. The van der Waals surface area contributed by atoms with Crippen LogP contribution in [0.2, 0.25) is 5.02 Å². The van der Waals surface area contributed by atoms with E-state index in [9.17, 15) is 9.59 Å². The Labute approximate surface area is 169 Å². The zero-order chi connectivity index (χ0) is 20.4. The first-order valence-corrected chi connectivity index (χ1v) is 9.15. The molecule has 4 rings (SSSR count). The number of rotatable bonds is 5. The smallest absolute Gasteiger partial charge is 0.376 e. The molecule has 0 amide bonds. The minimum Gasteiger partial charge on any atom is -0.460 e. The number of hydrogen-bond donors (Lipinski definition) is 0. The van der Waals surface area contributed by atoms with Crippen LogP contribution >= 0.6 is 11.6 Å². The molecule has 0 N–H and O–H groups in total. The molecule has 9 nitrogen and oxygen atoms in total. The Hall–Kier alpha value is -3.59. The first kappa shape index (κ1) is 18.8. The molecule has 0 bridgehead atoms. The van der Waals surface area contributed by atoms with Gasteiger partial charge in [0.1, 0.15) is 5.69 Å². The summed E-state index contributed by atoms with van der Waals surface area (Å²) in [6.07, 6.45) is 3.49. The number of benzene rings is 1. The quantitative estimate of drug-likeness (QED) is 0.464. The van der Waals surface area contributed by atoms with Crippen molar-refractivity contribution in [2.24, 2.45) is 0 Å². The molecule has 0 saturated carbocycles. The van der Waals surface area contributed by atoms with E-state index in [1.54, 1.807) is 49.6 Å². The van der Waals surface area contributed by atoms with Crippen LogP contribution in [0, 0.1) is 0 Å². The van der Waals surface area contributed by atoms with E-state index in [0.29, 0.717) is 10.7 Å². The van der Waals surface area contributed by atoms with Crippen molar-refractivity contribution in [2.45, 2.75) is 13.3 Å². The summed E-state index contributed by atoms with van der Waals surface area (Å²) in [7, 11) is 0. The minimum absolute atomic E-state index is 0.0789. The number of aromatic nitrogens is 6. The zero-order valence-corrected chi connectivity index (χ0v) is 16.1. The molecular weight excluding hydrogens is 396 g/mol. The fourth-order valence-electron chi connectivity index (χ4n) is 2.84. The highest BCUT2D eigenvalue weighted by Gasteiger charge is 2.23. The highest BCUT2D eigenvalue weighted by atomic mass is 35.5. The van der Waals surface area contributed by atoms with Gasteiger partial charge >= 0.3 is 5.97 Å². The van der Waals surface area contributed by atoms with Crippen LogP contribution in [0.1, 0.15) is 28.8 Å². The van der Waals surface area contributed by atoms with Gasteiger partial charge in [-0.15, -0.1) is 15.3 Å². The molecule has 3 heterocycles. The van der Waals surface area contributed by atoms with Crippen molar-refractivity contribution >= 4 is 23.3 Å². The molecule has 146 valence electrons. The predicted octanol–water partition coefficient (Wildman–Crippen LogP) is 2.09. The largest absolute Gasteiger partial charge is 0.460 e. The number of esters is 1. The topological polar surface area (TPSA) is 104 Å². The summed E-state index contributed by atoms with van der Waals surface area (Å²) in [6.45, 7) is 1.81. The maximum atomic E-state index is 13.1. The summed E-state index contributed by atoms with van der Waals surface area (Å²) in [5.74, 6) is -0.842. The van der Waals surface area contributed by atoms with Crippen LogP contribution in [0.3, 0.4) is 0 Å². The number of ether oxygens (including phenoxy) is 1. The molecule has 0 aliphatic heterocycles. The Balaban J connectivity index is 1.92. The van der Waals surface area contributed by atoms with Gasteiger partial charge in [-0.1, -0.05) is 23.7 Å². The highest BCUT2D eigenvalue weighted by Crippen LogP contribution is 2.17. The number of hydrogen-bond acceptors (Lipinski definition) is 7. The standard InChI is InChI=1S/C19H15ClN6O3/c1-2-29-18(28)16-24-26(14-7-3-6-13(20)10-14)19-23-22-15(17(27)25(16)19)9-12-5-4-8-21-11-12/h3-8,10-11H,2,9H2,1H3. The average molecular weight is 411 g/mol. The number of halogens is 1. The van der Waals surface area contributed by atoms with Gasteiger partial charge in [0.05, 0.1) is 12.3 Å². The van der Waals surface area contributed by atoms with Crippen LogP contribution in [0.15, 0.2) is 53.6 Å². The lowest BCUT2D eigenvalue weighted by Gasteiger charge is -2.03. The summed E-state index contributed by atoms with van der Waals surface area (Å²) in [5, 5.41) is 13.0. The first-order chi connectivity index (χ1) is 14.1. The summed E-state index contributed by atoms with van der Waals surface area (Å²) < 4.78 is 7.51. The van der Waals surface area contributed by atoms with Gasteiger partial charge in [0, 0.05) is 23.8 Å². The minimum atomic E-state index is -0.735. The highest BCUT2D eigenvalue weighted by molar-refractivity contribution is 6.30. The molecule has 0 fully saturated rings. The number of carbonyl (C=O) groups excluding carboxylic acids is 1. The lowest BCUT2D eigenvalue weighted by Crippen LogP contribution is -2.25. The normalized spacial score (nSPS) is 11.0. The third kappa shape index (κ3) is 3.59. The average Bonchev–Trinajstić information content (AvgIpc) is 3.12. The fourth-order valence-corrected chi connectivity index (χ4v) is 3.02. The van der Waals surface area contributed by atoms with Gasteiger partial charge in [-0.3, -0.25) is 9.78 Å². The SMILES string of the molecule is CCOC(=O)c1nn(-c2cccc(Cl)c2)c2nnc(Cc3cccnc3)c(=O)n12. The van der Waals surface area contributed by atoms with Gasteiger partial charge in [0.15, 0.2) is 0 Å². The van der Waals surface area contributed by atoms with Crippen LogP contribution in [-0.4, -0.2) is 41.9 Å². The first-order valence-electron chi connectivity index (χ1n) is 8.77. The van der Waals surface area contributed by atoms with E-state index in [2.05, 4.69) is 20.3 Å². The van der Waals surface area contributed by atoms with Crippen LogP contribution < -0.4 is 5.56 Å². The van der Waals surface area contributed by atoms with Crippen molar-refractivity contribution in [1.29, 1.82) is 0 Å². The van der Waals surface area contributed by atoms with E-state index < -0.39 is 11.5 Å². The number of pyridine rings is 1. The number of carbonyl (C=O) groups is 1. The monoisotopic (exact) mass is 410 g/mol. The number of nitrogens with zero attached hydrogens (tertiary/aromatic N) is 6. The molecule has 1 aromatic carbocycles. The molecule has 0 radical (unpaired) electrons. The van der Waals surface area contributed by atoms with Gasteiger partial charge in [-0.2, -0.15) is 4.68 Å². The van der Waals surface area contributed by atoms with Crippen molar-refractivity contribution in [3.8, 4) is 5.69 Å². The lowest BCUT2D eigenvalue weighted by molar-refractivity contribution is 0.0509. The van der Waals surface area contributed by atoms with E-state index in [4.69, 9.17) is 16.3 Å². The molecule has 0 aliphatic rings. The van der Waals surface area contributed by atoms with E-state index in [1.165, 1.54) is 4.68 Å². The molecule has 4 aromatic rings. The Morgan fingerprint density at radius 2 is 2.07 bits per heavy atom. The maximum Gasteiger partial charge on any atom is 0.376 e. The second-order valence-corrected chi connectivity index (χ2v) is 6.50. The van der Waals surface area contributed by atoms with Gasteiger partial charge in [0.2, 0.25) is 5.82 Å². The Kier molecular flexibility index (Phi) is 5.05. The predicted molar refractivity (Wildman–Crippen MR) is 104 cm³/mol. The van der Waals surface area contributed by atoms with Crippen molar-refractivity contribution in [2.75, 3.05) is 6.61 Å². The summed E-state index contributed by atoms with van der Waals surface area (Å²) in [6, 6.07) is 10.4. The Bertz CT molecular complexity index is 1250. The third-order valence-electron chi connectivity index (χ3n) is 4.11. The van der Waals surface area contributed by atoms with E-state index >= 15 is 0 Å². The van der Waals surface area contributed by atoms with Gasteiger partial charge < -0.3 is 4.74 Å². The summed E-state index contributed by atoms with van der Waals surface area (Å²) >= 11 is 6.07. The molecule has 0 aliphatic carbocycles. The third-order valence-corrected chi connectivity index (χ3v) is 4.35. The molecule has 0 saturated heterocycles. The Morgan fingerprint density at radius 3 is 2.79 bits per heavy atom. The van der Waals surface area contributed by atoms with Crippen molar-refractivity contribution in [3.63, 3.8) is 0 Å². The van der Waals surface area contributed by atoms with Crippen LogP contribution in [-0.2, 0) is 11.2 Å². The molecular formula is C19H15ClN6O3. The van der Waals surface area contributed by atoms with E-state index in [0.717, 1.165) is 9.96 Å². The van der Waals surface area contributed by atoms with Crippen molar-refractivity contribution < 1.29 is 9.53 Å². The van der Waals surface area contributed by atoms with Gasteiger partial charge in [0.25, 0.3) is 11.3 Å². The van der Waals surface area contributed by atoms with Crippen molar-refractivity contribution in [3.05, 3.63) is 81.3 Å². The maximum absolute atomic E-state index is 13.1. The zero-order valence-electron chi connectivity index (χ0n) is 15.3. The second-order valence-electron chi connectivity index (χ2n) is 6.06. The molecule has 3 aromatic heterocycles. The molecule has 0 unspecified atom stereocenters. The molecule has 0 spiro atoms. The van der Waals surface area contributed by atoms with Gasteiger partial charge in [-0.25, -0.2) is 9.20 Å². The molecule has 0 atom stereocenters. The van der Waals surface area contributed by atoms with Gasteiger partial charge in [-0.05, 0) is 36.8 Å². The number of fused-ring (bicyclic) bond motifs is 1. The van der Waals surface area contributed by atoms with Crippen LogP contribution in [0.25, 0.3) is 11.5 Å². The summed E-state index contributed by atoms with van der Waals surface area (Å²) in [5.41, 5.74) is 0.972. The molecule has 29 heavy (non-hydrogen) atoms. The van der Waals surface area contributed by atoms with Crippen molar-refractivity contribution in [1.82, 2.24) is 29.4 Å². The van der Waals surface area contributed by atoms with Crippen LogP contribution in [0.4, 0.5) is 0 Å². The second kappa shape index (κ2) is 7.80. The Morgan fingerprint density at radius 1 is 1.21 bits per heavy atom. The lowest BCUT2D eigenvalue weighted by atomic mass is 10.2. The van der Waals surface area contributed by atoms with E-state index in [1.807, 2.05) is 6.07 Å². The summed E-state index contributed by atoms with van der Waals surface area (Å²) in [4.78, 5) is 29.6.